The Morgan fingerprint density at radius 1 is 1.10 bits per heavy atom. The maximum absolute atomic E-state index is 5.84. The van der Waals surface area contributed by atoms with Crippen molar-refractivity contribution in [1.82, 2.24) is 4.98 Å². The maximum atomic E-state index is 5.84. The molecule has 0 spiro atoms. The number of rotatable bonds is 2. The highest BCUT2D eigenvalue weighted by molar-refractivity contribution is 7.80. The molecule has 1 aromatic heterocycles. The molecule has 3 aromatic rings. The van der Waals surface area contributed by atoms with Crippen LogP contribution >= 0.6 is 23.8 Å². The Kier molecular flexibility index (Phi) is 3.77. The lowest BCUT2D eigenvalue weighted by molar-refractivity contribution is 0.561. The van der Waals surface area contributed by atoms with Crippen molar-refractivity contribution in [3.05, 3.63) is 53.4 Å². The van der Waals surface area contributed by atoms with Crippen LogP contribution in [0.3, 0.4) is 0 Å². The van der Waals surface area contributed by atoms with Crippen LogP contribution in [0.4, 0.5) is 11.4 Å². The van der Waals surface area contributed by atoms with E-state index in [0.29, 0.717) is 16.0 Å². The van der Waals surface area contributed by atoms with Gasteiger partial charge in [0.05, 0.1) is 0 Å². The zero-order valence-electron chi connectivity index (χ0n) is 11.2. The van der Waals surface area contributed by atoms with Crippen molar-refractivity contribution in [2.45, 2.75) is 6.92 Å². The molecule has 106 valence electrons. The molecule has 0 radical (unpaired) electrons. The number of fused-ring (bicyclic) bond motifs is 1. The van der Waals surface area contributed by atoms with Crippen molar-refractivity contribution in [3.63, 3.8) is 0 Å². The molecular formula is C15H12ClN3OS. The zero-order valence-corrected chi connectivity index (χ0v) is 12.8. The standard InChI is InChI=1S/C15H12ClN3OS/c1-9-17-13-8-12(6-7-14(13)20-9)19-15(21)18-11-4-2-10(16)3-5-11/h2-8H,1H3,(H2,18,19,21). The lowest BCUT2D eigenvalue weighted by Gasteiger charge is -2.10. The molecule has 3 rings (SSSR count). The molecule has 4 nitrogen and oxygen atoms in total. The van der Waals surface area contributed by atoms with Gasteiger partial charge in [0.1, 0.15) is 5.52 Å². The number of oxazole rings is 1. The predicted molar refractivity (Wildman–Crippen MR) is 90.0 cm³/mol. The highest BCUT2D eigenvalue weighted by Crippen LogP contribution is 2.20. The van der Waals surface area contributed by atoms with E-state index in [2.05, 4.69) is 15.6 Å². The molecule has 0 aliphatic carbocycles. The summed E-state index contributed by atoms with van der Waals surface area (Å²) in [5.74, 6) is 0.643. The van der Waals surface area contributed by atoms with Crippen LogP contribution in [0.15, 0.2) is 46.9 Å². The molecule has 0 amide bonds. The molecular weight excluding hydrogens is 306 g/mol. The van der Waals surface area contributed by atoms with Gasteiger partial charge in [-0.3, -0.25) is 0 Å². The van der Waals surface area contributed by atoms with Crippen LogP contribution in [0.5, 0.6) is 0 Å². The third-order valence-electron chi connectivity index (χ3n) is 2.85. The van der Waals surface area contributed by atoms with E-state index >= 15 is 0 Å². The molecule has 2 N–H and O–H groups in total. The number of hydrogen-bond donors (Lipinski definition) is 2. The average Bonchev–Trinajstić information content (AvgIpc) is 2.80. The van der Waals surface area contributed by atoms with Crippen LogP contribution in [0.2, 0.25) is 5.02 Å². The molecule has 6 heteroatoms. The number of halogens is 1. The number of aromatic nitrogens is 1. The SMILES string of the molecule is Cc1nc2cc(NC(=S)Nc3ccc(Cl)cc3)ccc2o1. The first-order valence-electron chi connectivity index (χ1n) is 6.31. The quantitative estimate of drug-likeness (QED) is 0.677. The molecule has 0 bridgehead atoms. The number of hydrogen-bond acceptors (Lipinski definition) is 3. The highest BCUT2D eigenvalue weighted by atomic mass is 35.5. The Bertz CT molecular complexity index is 798. The van der Waals surface area contributed by atoms with Crippen molar-refractivity contribution >= 4 is 51.4 Å². The fourth-order valence-electron chi connectivity index (χ4n) is 1.95. The van der Waals surface area contributed by atoms with Gasteiger partial charge in [-0.05, 0) is 54.7 Å². The maximum Gasteiger partial charge on any atom is 0.192 e. The van der Waals surface area contributed by atoms with E-state index in [9.17, 15) is 0 Å². The van der Waals surface area contributed by atoms with Gasteiger partial charge in [-0.2, -0.15) is 0 Å². The van der Waals surface area contributed by atoms with Crippen LogP contribution in [0.25, 0.3) is 11.1 Å². The normalized spacial score (nSPS) is 10.6. The number of anilines is 2. The predicted octanol–water partition coefficient (Wildman–Crippen LogP) is 4.60. The van der Waals surface area contributed by atoms with Crippen LogP contribution in [-0.2, 0) is 0 Å². The summed E-state index contributed by atoms with van der Waals surface area (Å²) in [6.07, 6.45) is 0. The van der Waals surface area contributed by atoms with Gasteiger partial charge in [0.2, 0.25) is 0 Å². The number of nitrogens with one attached hydrogen (secondary N) is 2. The number of aryl methyl sites for hydroxylation is 1. The van der Waals surface area contributed by atoms with Crippen molar-refractivity contribution in [3.8, 4) is 0 Å². The summed E-state index contributed by atoms with van der Waals surface area (Å²) in [7, 11) is 0. The summed E-state index contributed by atoms with van der Waals surface area (Å²) in [6.45, 7) is 1.82. The molecule has 0 fully saturated rings. The Hall–Kier alpha value is -2.11. The van der Waals surface area contributed by atoms with Crippen molar-refractivity contribution < 1.29 is 4.42 Å². The smallest absolute Gasteiger partial charge is 0.192 e. The van der Waals surface area contributed by atoms with Crippen molar-refractivity contribution in [2.24, 2.45) is 0 Å². The fraction of sp³-hybridized carbons (Fsp3) is 0.0667. The van der Waals surface area contributed by atoms with Crippen LogP contribution < -0.4 is 10.6 Å². The Labute approximate surface area is 132 Å². The minimum atomic E-state index is 0.497. The molecule has 2 aromatic carbocycles. The molecule has 0 atom stereocenters. The van der Waals surface area contributed by atoms with E-state index in [-0.39, 0.29) is 0 Å². The molecule has 1 heterocycles. The Balaban J connectivity index is 1.71. The third kappa shape index (κ3) is 3.32. The van der Waals surface area contributed by atoms with Gasteiger partial charge in [-0.1, -0.05) is 11.6 Å². The monoisotopic (exact) mass is 317 g/mol. The minimum Gasteiger partial charge on any atom is -0.441 e. The summed E-state index contributed by atoms with van der Waals surface area (Å²) in [5.41, 5.74) is 3.28. The molecule has 0 unspecified atom stereocenters. The lowest BCUT2D eigenvalue weighted by Crippen LogP contribution is -2.18. The van der Waals surface area contributed by atoms with E-state index in [1.54, 1.807) is 12.1 Å². The number of thiocarbonyl (C=S) groups is 1. The molecule has 0 aliphatic heterocycles. The third-order valence-corrected chi connectivity index (χ3v) is 3.31. The first-order chi connectivity index (χ1) is 10.1. The van der Waals surface area contributed by atoms with E-state index in [4.69, 9.17) is 28.2 Å². The van der Waals surface area contributed by atoms with E-state index in [0.717, 1.165) is 22.5 Å². The summed E-state index contributed by atoms with van der Waals surface area (Å²) in [6, 6.07) is 13.0. The average molecular weight is 318 g/mol. The molecule has 0 saturated carbocycles. The van der Waals surface area contributed by atoms with Crippen LogP contribution in [0.1, 0.15) is 5.89 Å². The van der Waals surface area contributed by atoms with Gasteiger partial charge in [0.15, 0.2) is 16.6 Å². The summed E-state index contributed by atoms with van der Waals surface area (Å²) < 4.78 is 5.43. The Morgan fingerprint density at radius 3 is 2.52 bits per heavy atom. The van der Waals surface area contributed by atoms with E-state index < -0.39 is 0 Å². The second-order valence-corrected chi connectivity index (χ2v) is 5.35. The summed E-state index contributed by atoms with van der Waals surface area (Å²) in [4.78, 5) is 4.29. The molecule has 21 heavy (non-hydrogen) atoms. The van der Waals surface area contributed by atoms with Crippen molar-refractivity contribution in [2.75, 3.05) is 10.6 Å². The van der Waals surface area contributed by atoms with Crippen molar-refractivity contribution in [1.29, 1.82) is 0 Å². The van der Waals surface area contributed by atoms with Crippen LogP contribution in [0, 0.1) is 6.92 Å². The molecule has 0 aliphatic rings. The van der Waals surface area contributed by atoms with E-state index in [1.165, 1.54) is 0 Å². The first kappa shape index (κ1) is 13.9. The minimum absolute atomic E-state index is 0.497. The van der Waals surface area contributed by atoms with Gasteiger partial charge in [0.25, 0.3) is 0 Å². The largest absolute Gasteiger partial charge is 0.441 e. The van der Waals surface area contributed by atoms with E-state index in [1.807, 2.05) is 37.3 Å². The first-order valence-corrected chi connectivity index (χ1v) is 7.09. The lowest BCUT2D eigenvalue weighted by atomic mass is 10.3. The number of nitrogens with zero attached hydrogens (tertiary/aromatic N) is 1. The van der Waals surface area contributed by atoms with Crippen LogP contribution in [-0.4, -0.2) is 10.1 Å². The topological polar surface area (TPSA) is 50.1 Å². The fourth-order valence-corrected chi connectivity index (χ4v) is 2.31. The second kappa shape index (κ2) is 5.71. The van der Waals surface area contributed by atoms with Gasteiger partial charge in [-0.15, -0.1) is 0 Å². The number of benzene rings is 2. The zero-order chi connectivity index (χ0) is 14.8. The van der Waals surface area contributed by atoms with Gasteiger partial charge in [0, 0.05) is 23.3 Å². The second-order valence-electron chi connectivity index (χ2n) is 4.50. The summed E-state index contributed by atoms with van der Waals surface area (Å²) in [5, 5.41) is 7.38. The van der Waals surface area contributed by atoms with Gasteiger partial charge in [-0.25, -0.2) is 4.98 Å². The van der Waals surface area contributed by atoms with Gasteiger partial charge >= 0.3 is 0 Å². The highest BCUT2D eigenvalue weighted by Gasteiger charge is 2.04. The Morgan fingerprint density at radius 2 is 1.76 bits per heavy atom. The summed E-state index contributed by atoms with van der Waals surface area (Å²) >= 11 is 11.1. The molecule has 0 saturated heterocycles. The van der Waals surface area contributed by atoms with Gasteiger partial charge < -0.3 is 15.1 Å².